The third-order valence-corrected chi connectivity index (χ3v) is 5.17. The fourth-order valence-electron chi connectivity index (χ4n) is 2.50. The van der Waals surface area contributed by atoms with Crippen molar-refractivity contribution in [2.45, 2.75) is 11.4 Å². The van der Waals surface area contributed by atoms with Crippen LogP contribution >= 0.6 is 24.0 Å². The zero-order valence-electron chi connectivity index (χ0n) is 14.8. The second kappa shape index (κ2) is 9.38. The van der Waals surface area contributed by atoms with Gasteiger partial charge in [-0.15, -0.1) is 11.8 Å². The quantitative estimate of drug-likeness (QED) is 0.344. The fraction of sp³-hybridized carbons (Fsp3) is 0.211. The Bertz CT molecular complexity index is 936. The number of carbonyl (C=O) groups excluding carboxylic acids is 1. The molecule has 0 aliphatic heterocycles. The summed E-state index contributed by atoms with van der Waals surface area (Å²) in [6.45, 7) is 0.703. The molecule has 0 saturated heterocycles. The van der Waals surface area contributed by atoms with E-state index in [1.807, 2.05) is 42.5 Å². The van der Waals surface area contributed by atoms with Gasteiger partial charge in [0.2, 0.25) is 5.91 Å². The van der Waals surface area contributed by atoms with Crippen molar-refractivity contribution < 1.29 is 9.53 Å². The molecule has 0 fully saturated rings. The van der Waals surface area contributed by atoms with Crippen LogP contribution in [-0.4, -0.2) is 40.1 Å². The van der Waals surface area contributed by atoms with Crippen molar-refractivity contribution in [2.24, 2.45) is 0 Å². The van der Waals surface area contributed by atoms with Gasteiger partial charge < -0.3 is 10.1 Å². The summed E-state index contributed by atoms with van der Waals surface area (Å²) in [6, 6.07) is 17.6. The molecule has 27 heavy (non-hydrogen) atoms. The zero-order valence-corrected chi connectivity index (χ0v) is 16.5. The first-order valence-corrected chi connectivity index (χ1v) is 9.81. The van der Waals surface area contributed by atoms with Crippen LogP contribution in [0.2, 0.25) is 0 Å². The van der Waals surface area contributed by atoms with Crippen LogP contribution < -0.4 is 10.1 Å². The van der Waals surface area contributed by atoms with Gasteiger partial charge in [-0.05, 0) is 48.6 Å². The van der Waals surface area contributed by atoms with Crippen molar-refractivity contribution in [1.82, 2.24) is 20.1 Å². The molecular weight excluding hydrogens is 380 g/mol. The normalized spacial score (nSPS) is 10.6. The second-order valence-electron chi connectivity index (χ2n) is 5.68. The summed E-state index contributed by atoms with van der Waals surface area (Å²) in [4.78, 5) is 13.5. The van der Waals surface area contributed by atoms with Gasteiger partial charge in [0.05, 0.1) is 7.11 Å². The SMILES string of the molecule is COc1ccc(-c2n[nH]c(=S)n2CC(=O)NCCSc2ccccc2)cc1. The number of hydrogen-bond donors (Lipinski definition) is 2. The second-order valence-corrected chi connectivity index (χ2v) is 7.23. The monoisotopic (exact) mass is 400 g/mol. The summed E-state index contributed by atoms with van der Waals surface area (Å²) in [7, 11) is 1.62. The average molecular weight is 401 g/mol. The van der Waals surface area contributed by atoms with Gasteiger partial charge in [0.15, 0.2) is 10.6 Å². The van der Waals surface area contributed by atoms with Crippen LogP contribution in [0.4, 0.5) is 0 Å². The van der Waals surface area contributed by atoms with Gasteiger partial charge in [0.25, 0.3) is 0 Å². The highest BCUT2D eigenvalue weighted by molar-refractivity contribution is 7.99. The number of nitrogens with one attached hydrogen (secondary N) is 2. The molecule has 3 rings (SSSR count). The maximum atomic E-state index is 12.3. The highest BCUT2D eigenvalue weighted by atomic mass is 32.2. The minimum Gasteiger partial charge on any atom is -0.497 e. The van der Waals surface area contributed by atoms with E-state index in [2.05, 4.69) is 27.6 Å². The van der Waals surface area contributed by atoms with Gasteiger partial charge in [0.1, 0.15) is 12.3 Å². The fourth-order valence-corrected chi connectivity index (χ4v) is 3.49. The largest absolute Gasteiger partial charge is 0.497 e. The van der Waals surface area contributed by atoms with E-state index in [1.54, 1.807) is 23.4 Å². The van der Waals surface area contributed by atoms with Crippen LogP contribution in [0.3, 0.4) is 0 Å². The van der Waals surface area contributed by atoms with Crippen LogP contribution in [0.25, 0.3) is 11.4 Å². The van der Waals surface area contributed by atoms with Crippen LogP contribution in [0.5, 0.6) is 5.75 Å². The van der Waals surface area contributed by atoms with E-state index in [9.17, 15) is 4.79 Å². The van der Waals surface area contributed by atoms with Crippen LogP contribution in [0.15, 0.2) is 59.5 Å². The van der Waals surface area contributed by atoms with Gasteiger partial charge in [-0.2, -0.15) is 5.10 Å². The van der Waals surface area contributed by atoms with Gasteiger partial charge >= 0.3 is 0 Å². The number of benzene rings is 2. The standard InChI is InChI=1S/C19H20N4O2S2/c1-25-15-9-7-14(8-10-15)18-21-22-19(26)23(18)13-17(24)20-11-12-27-16-5-3-2-4-6-16/h2-10H,11-13H2,1H3,(H,20,24)(H,22,26). The lowest BCUT2D eigenvalue weighted by Crippen LogP contribution is -2.29. The molecule has 2 aromatic carbocycles. The number of amides is 1. The first kappa shape index (κ1) is 19.2. The number of hydrogen-bond acceptors (Lipinski definition) is 5. The maximum Gasteiger partial charge on any atom is 0.240 e. The number of methoxy groups -OCH3 is 1. The summed E-state index contributed by atoms with van der Waals surface area (Å²) in [5.41, 5.74) is 0.857. The highest BCUT2D eigenvalue weighted by Crippen LogP contribution is 2.21. The molecular formula is C19H20N4O2S2. The van der Waals surface area contributed by atoms with Gasteiger partial charge in [-0.1, -0.05) is 18.2 Å². The predicted octanol–water partition coefficient (Wildman–Crippen LogP) is 3.52. The molecule has 140 valence electrons. The lowest BCUT2D eigenvalue weighted by atomic mass is 10.2. The molecule has 0 spiro atoms. The van der Waals surface area contributed by atoms with Crippen LogP contribution in [0.1, 0.15) is 0 Å². The van der Waals surface area contributed by atoms with Crippen LogP contribution in [0, 0.1) is 4.77 Å². The number of ether oxygens (including phenoxy) is 1. The van der Waals surface area contributed by atoms with E-state index in [1.165, 1.54) is 4.90 Å². The first-order valence-electron chi connectivity index (χ1n) is 8.41. The molecule has 0 bridgehead atoms. The van der Waals surface area contributed by atoms with Gasteiger partial charge in [-0.3, -0.25) is 14.5 Å². The summed E-state index contributed by atoms with van der Waals surface area (Å²) < 4.78 is 7.27. The van der Waals surface area contributed by atoms with Crippen molar-refractivity contribution in [3.8, 4) is 17.1 Å². The van der Waals surface area contributed by atoms with E-state index >= 15 is 0 Å². The summed E-state index contributed by atoms with van der Waals surface area (Å²) >= 11 is 6.98. The molecule has 8 heteroatoms. The van der Waals surface area contributed by atoms with Crippen molar-refractivity contribution in [1.29, 1.82) is 0 Å². The number of aromatic nitrogens is 3. The van der Waals surface area contributed by atoms with E-state index < -0.39 is 0 Å². The molecule has 0 saturated carbocycles. The molecule has 0 aliphatic rings. The predicted molar refractivity (Wildman–Crippen MR) is 110 cm³/mol. The minimum atomic E-state index is -0.101. The number of aromatic amines is 1. The maximum absolute atomic E-state index is 12.3. The average Bonchev–Trinajstić information content (AvgIpc) is 3.06. The van der Waals surface area contributed by atoms with E-state index in [0.29, 0.717) is 17.1 Å². The van der Waals surface area contributed by atoms with Gasteiger partial charge in [-0.25, -0.2) is 0 Å². The molecule has 0 radical (unpaired) electrons. The Morgan fingerprint density at radius 3 is 2.67 bits per heavy atom. The van der Waals surface area contributed by atoms with E-state index in [4.69, 9.17) is 17.0 Å². The van der Waals surface area contributed by atoms with Crippen molar-refractivity contribution in [3.63, 3.8) is 0 Å². The Morgan fingerprint density at radius 1 is 1.22 bits per heavy atom. The molecule has 6 nitrogen and oxygen atoms in total. The Morgan fingerprint density at radius 2 is 1.96 bits per heavy atom. The zero-order chi connectivity index (χ0) is 19.1. The lowest BCUT2D eigenvalue weighted by Gasteiger charge is -2.09. The highest BCUT2D eigenvalue weighted by Gasteiger charge is 2.12. The first-order chi connectivity index (χ1) is 13.2. The number of H-pyrrole nitrogens is 1. The molecule has 0 unspecified atom stereocenters. The molecule has 0 atom stereocenters. The molecule has 3 aromatic rings. The number of carbonyl (C=O) groups is 1. The van der Waals surface area contributed by atoms with Gasteiger partial charge in [0, 0.05) is 22.8 Å². The van der Waals surface area contributed by atoms with E-state index in [0.717, 1.165) is 17.1 Å². The summed E-state index contributed by atoms with van der Waals surface area (Å²) in [6.07, 6.45) is 0. The smallest absolute Gasteiger partial charge is 0.240 e. The Labute approximate surface area is 167 Å². The lowest BCUT2D eigenvalue weighted by molar-refractivity contribution is -0.121. The molecule has 1 heterocycles. The number of thioether (sulfide) groups is 1. The number of rotatable bonds is 8. The topological polar surface area (TPSA) is 71.9 Å². The number of nitrogens with zero attached hydrogens (tertiary/aromatic N) is 2. The Kier molecular flexibility index (Phi) is 6.67. The minimum absolute atomic E-state index is 0.101. The summed E-state index contributed by atoms with van der Waals surface area (Å²) in [5.74, 6) is 2.08. The Balaban J connectivity index is 1.57. The van der Waals surface area contributed by atoms with E-state index in [-0.39, 0.29) is 12.5 Å². The van der Waals surface area contributed by atoms with Crippen molar-refractivity contribution in [3.05, 3.63) is 59.4 Å². The molecule has 0 aliphatic carbocycles. The Hall–Kier alpha value is -2.58. The van der Waals surface area contributed by atoms with Crippen LogP contribution in [-0.2, 0) is 11.3 Å². The van der Waals surface area contributed by atoms with Crippen molar-refractivity contribution in [2.75, 3.05) is 19.4 Å². The third-order valence-electron chi connectivity index (χ3n) is 3.84. The molecule has 2 N–H and O–H groups in total. The summed E-state index contributed by atoms with van der Waals surface area (Å²) in [5, 5.41) is 9.94. The third kappa shape index (κ3) is 5.21. The molecule has 1 aromatic heterocycles. The molecule has 1 amide bonds. The van der Waals surface area contributed by atoms with Crippen molar-refractivity contribution >= 4 is 29.9 Å².